The highest BCUT2D eigenvalue weighted by atomic mass is 79.9. The second-order valence-corrected chi connectivity index (χ2v) is 5.86. The minimum absolute atomic E-state index is 0.464. The van der Waals surface area contributed by atoms with Crippen molar-refractivity contribution in [3.63, 3.8) is 0 Å². The summed E-state index contributed by atoms with van der Waals surface area (Å²) in [5.74, 6) is 0.464. The minimum atomic E-state index is 0.464. The van der Waals surface area contributed by atoms with Crippen LogP contribution in [0.5, 0.6) is 0 Å². The van der Waals surface area contributed by atoms with Gasteiger partial charge in [0, 0.05) is 22.8 Å². The number of aryl methyl sites for hydroxylation is 2. The smallest absolute Gasteiger partial charge is 0.185 e. The molecule has 110 valence electrons. The summed E-state index contributed by atoms with van der Waals surface area (Å²) in [6.45, 7) is 0.719. The summed E-state index contributed by atoms with van der Waals surface area (Å²) in [6.07, 6.45) is 3.59. The molecule has 0 atom stereocenters. The van der Waals surface area contributed by atoms with Crippen LogP contribution in [0.3, 0.4) is 0 Å². The molecule has 0 aliphatic carbocycles. The van der Waals surface area contributed by atoms with Crippen molar-refractivity contribution in [2.45, 2.75) is 13.0 Å². The minimum Gasteiger partial charge on any atom is -0.328 e. The number of hydrogen-bond donors (Lipinski definition) is 0. The number of hydrogen-bond acceptors (Lipinski definition) is 2. The normalized spacial score (nSPS) is 10.6. The Bertz CT molecular complexity index is 781. The van der Waals surface area contributed by atoms with Crippen molar-refractivity contribution in [3.8, 4) is 11.3 Å². The van der Waals surface area contributed by atoms with E-state index in [1.807, 2.05) is 59.3 Å². The Balaban J connectivity index is 1.83. The van der Waals surface area contributed by atoms with Gasteiger partial charge in [0.25, 0.3) is 0 Å². The summed E-state index contributed by atoms with van der Waals surface area (Å²) in [6, 6.07) is 18.0. The molecule has 0 spiro atoms. The number of imidazole rings is 1. The predicted molar refractivity (Wildman–Crippen MR) is 90.9 cm³/mol. The second-order valence-electron chi connectivity index (χ2n) is 5.00. The molecule has 2 aromatic carbocycles. The summed E-state index contributed by atoms with van der Waals surface area (Å²) < 4.78 is 3.00. The molecule has 3 rings (SSSR count). The van der Waals surface area contributed by atoms with Crippen LogP contribution >= 0.6 is 15.9 Å². The molecule has 0 aliphatic heterocycles. The predicted octanol–water partition coefficient (Wildman–Crippen LogP) is 4.37. The Morgan fingerprint density at radius 1 is 1.05 bits per heavy atom. The van der Waals surface area contributed by atoms with Crippen molar-refractivity contribution in [3.05, 3.63) is 76.7 Å². The van der Waals surface area contributed by atoms with Gasteiger partial charge in [0.05, 0.1) is 5.69 Å². The number of carbonyl (C=O) groups is 1. The van der Waals surface area contributed by atoms with Gasteiger partial charge in [0.15, 0.2) is 12.1 Å². The SMILES string of the molecule is O=Cc1nc(-c2ccccc2)cn1CCc1ccccc1Br. The number of carbonyl (C=O) groups excluding carboxylic acids is 1. The van der Waals surface area contributed by atoms with Gasteiger partial charge < -0.3 is 4.57 Å². The summed E-state index contributed by atoms with van der Waals surface area (Å²) in [5, 5.41) is 0. The van der Waals surface area contributed by atoms with Crippen LogP contribution in [0.15, 0.2) is 65.3 Å². The number of aromatic nitrogens is 2. The first-order valence-electron chi connectivity index (χ1n) is 7.09. The highest BCUT2D eigenvalue weighted by Gasteiger charge is 2.09. The lowest BCUT2D eigenvalue weighted by atomic mass is 10.1. The molecule has 4 heteroatoms. The van der Waals surface area contributed by atoms with Gasteiger partial charge >= 0.3 is 0 Å². The van der Waals surface area contributed by atoms with E-state index in [1.54, 1.807) is 0 Å². The van der Waals surface area contributed by atoms with E-state index >= 15 is 0 Å². The van der Waals surface area contributed by atoms with E-state index < -0.39 is 0 Å². The van der Waals surface area contributed by atoms with Gasteiger partial charge in [-0.2, -0.15) is 0 Å². The van der Waals surface area contributed by atoms with Crippen LogP contribution in [0.2, 0.25) is 0 Å². The van der Waals surface area contributed by atoms with Gasteiger partial charge in [-0.25, -0.2) is 4.98 Å². The molecular formula is C18H15BrN2O. The fraction of sp³-hybridized carbons (Fsp3) is 0.111. The lowest BCUT2D eigenvalue weighted by Gasteiger charge is -2.06. The summed E-state index contributed by atoms with van der Waals surface area (Å²) in [5.41, 5.74) is 3.06. The summed E-state index contributed by atoms with van der Waals surface area (Å²) in [7, 11) is 0. The van der Waals surface area contributed by atoms with Crippen LogP contribution in [0.1, 0.15) is 16.2 Å². The van der Waals surface area contributed by atoms with Gasteiger partial charge in [0.2, 0.25) is 0 Å². The summed E-state index contributed by atoms with van der Waals surface area (Å²) in [4.78, 5) is 15.7. The van der Waals surface area contributed by atoms with Gasteiger partial charge in [0.1, 0.15) is 0 Å². The molecule has 0 N–H and O–H groups in total. The molecule has 0 amide bonds. The Hall–Kier alpha value is -2.20. The molecule has 0 unspecified atom stereocenters. The zero-order valence-electron chi connectivity index (χ0n) is 11.9. The maximum absolute atomic E-state index is 11.3. The molecule has 0 saturated heterocycles. The standard InChI is InChI=1S/C18H15BrN2O/c19-16-9-5-4-6-14(16)10-11-21-12-17(20-18(21)13-22)15-7-2-1-3-8-15/h1-9,12-13H,10-11H2. The Morgan fingerprint density at radius 3 is 2.50 bits per heavy atom. The van der Waals surface area contributed by atoms with Gasteiger partial charge in [-0.05, 0) is 18.1 Å². The van der Waals surface area contributed by atoms with Crippen molar-refractivity contribution in [1.29, 1.82) is 0 Å². The first-order valence-corrected chi connectivity index (χ1v) is 7.88. The van der Waals surface area contributed by atoms with Crippen LogP contribution in [0.25, 0.3) is 11.3 Å². The Labute approximate surface area is 137 Å². The van der Waals surface area contributed by atoms with Crippen LogP contribution in [0.4, 0.5) is 0 Å². The number of rotatable bonds is 5. The largest absolute Gasteiger partial charge is 0.328 e. The first-order chi connectivity index (χ1) is 10.8. The average Bonchev–Trinajstić information content (AvgIpc) is 2.98. The van der Waals surface area contributed by atoms with E-state index in [-0.39, 0.29) is 0 Å². The van der Waals surface area contributed by atoms with E-state index in [0.717, 1.165) is 35.0 Å². The number of benzene rings is 2. The third-order valence-corrected chi connectivity index (χ3v) is 4.34. The number of aldehydes is 1. The fourth-order valence-electron chi connectivity index (χ4n) is 2.39. The van der Waals surface area contributed by atoms with E-state index in [9.17, 15) is 4.79 Å². The molecule has 0 bridgehead atoms. The van der Waals surface area contributed by atoms with Gasteiger partial charge in [-0.15, -0.1) is 0 Å². The molecule has 1 heterocycles. The molecule has 3 aromatic rings. The zero-order chi connectivity index (χ0) is 15.4. The van der Waals surface area contributed by atoms with Crippen molar-refractivity contribution in [2.24, 2.45) is 0 Å². The van der Waals surface area contributed by atoms with E-state index in [4.69, 9.17) is 0 Å². The van der Waals surface area contributed by atoms with Crippen LogP contribution < -0.4 is 0 Å². The van der Waals surface area contributed by atoms with Gasteiger partial charge in [-0.1, -0.05) is 64.5 Å². The third-order valence-electron chi connectivity index (χ3n) is 3.56. The maximum atomic E-state index is 11.3. The maximum Gasteiger partial charge on any atom is 0.185 e. The number of halogens is 1. The third kappa shape index (κ3) is 3.17. The fourth-order valence-corrected chi connectivity index (χ4v) is 2.88. The van der Waals surface area contributed by atoms with Crippen molar-refractivity contribution >= 4 is 22.2 Å². The van der Waals surface area contributed by atoms with Crippen molar-refractivity contribution in [1.82, 2.24) is 9.55 Å². The monoisotopic (exact) mass is 354 g/mol. The molecule has 1 aromatic heterocycles. The second kappa shape index (κ2) is 6.71. The van der Waals surface area contributed by atoms with E-state index in [0.29, 0.717) is 5.82 Å². The topological polar surface area (TPSA) is 34.9 Å². The molecule has 0 aliphatic rings. The molecule has 3 nitrogen and oxygen atoms in total. The van der Waals surface area contributed by atoms with Crippen LogP contribution in [0, 0.1) is 0 Å². The van der Waals surface area contributed by atoms with Gasteiger partial charge in [-0.3, -0.25) is 4.79 Å². The average molecular weight is 355 g/mol. The van der Waals surface area contributed by atoms with Crippen molar-refractivity contribution in [2.75, 3.05) is 0 Å². The molecule has 0 radical (unpaired) electrons. The molecule has 0 saturated carbocycles. The molecule has 22 heavy (non-hydrogen) atoms. The van der Waals surface area contributed by atoms with Crippen LogP contribution in [-0.4, -0.2) is 15.8 Å². The van der Waals surface area contributed by atoms with Crippen LogP contribution in [-0.2, 0) is 13.0 Å². The highest BCUT2D eigenvalue weighted by molar-refractivity contribution is 9.10. The van der Waals surface area contributed by atoms with Crippen molar-refractivity contribution < 1.29 is 4.79 Å². The quantitative estimate of drug-likeness (QED) is 0.637. The first kappa shape index (κ1) is 14.7. The highest BCUT2D eigenvalue weighted by Crippen LogP contribution is 2.20. The molecule has 0 fully saturated rings. The Kier molecular flexibility index (Phi) is 4.49. The van der Waals surface area contributed by atoms with E-state index in [1.165, 1.54) is 5.56 Å². The lowest BCUT2D eigenvalue weighted by molar-refractivity contribution is 0.111. The Morgan fingerprint density at radius 2 is 1.77 bits per heavy atom. The van der Waals surface area contributed by atoms with E-state index in [2.05, 4.69) is 27.0 Å². The zero-order valence-corrected chi connectivity index (χ0v) is 13.5. The lowest BCUT2D eigenvalue weighted by Crippen LogP contribution is -2.04. The molecular weight excluding hydrogens is 340 g/mol. The number of nitrogens with zero attached hydrogens (tertiary/aromatic N) is 2. The summed E-state index contributed by atoms with van der Waals surface area (Å²) >= 11 is 3.55.